The molecule has 1 aromatic carbocycles. The molecular weight excluding hydrogens is 242 g/mol. The fourth-order valence-electron chi connectivity index (χ4n) is 2.22. The Balaban J connectivity index is 2.20. The zero-order valence-corrected chi connectivity index (χ0v) is 9.90. The fraction of sp³-hybridized carbons (Fsp3) is 0.500. The maximum atomic E-state index is 12.9. The number of nitro benzene ring substituents is 1. The molecule has 1 saturated carbocycles. The van der Waals surface area contributed by atoms with Gasteiger partial charge in [0.1, 0.15) is 0 Å². The summed E-state index contributed by atoms with van der Waals surface area (Å²) in [6, 6.07) is 3.74. The number of nitrogens with zero attached hydrogens (tertiary/aromatic N) is 1. The van der Waals surface area contributed by atoms with Crippen LogP contribution in [0.4, 0.5) is 20.2 Å². The average Bonchev–Trinajstić information content (AvgIpc) is 2.26. The van der Waals surface area contributed by atoms with Crippen molar-refractivity contribution >= 4 is 11.4 Å². The van der Waals surface area contributed by atoms with Gasteiger partial charge >= 0.3 is 0 Å². The van der Waals surface area contributed by atoms with Crippen molar-refractivity contribution in [3.8, 4) is 0 Å². The Morgan fingerprint density at radius 1 is 1.44 bits per heavy atom. The van der Waals surface area contributed by atoms with Crippen molar-refractivity contribution in [2.45, 2.75) is 32.2 Å². The molecular formula is C12H14F2N2O2. The molecule has 0 unspecified atom stereocenters. The Morgan fingerprint density at radius 2 is 2.11 bits per heavy atom. The van der Waals surface area contributed by atoms with Crippen LogP contribution in [0.25, 0.3) is 0 Å². The second kappa shape index (κ2) is 4.88. The molecule has 6 heteroatoms. The average molecular weight is 256 g/mol. The van der Waals surface area contributed by atoms with E-state index in [2.05, 4.69) is 12.2 Å². The number of halogens is 2. The second-order valence-corrected chi connectivity index (χ2v) is 4.75. The number of anilines is 1. The van der Waals surface area contributed by atoms with Gasteiger partial charge in [-0.2, -0.15) is 0 Å². The molecule has 0 amide bonds. The van der Waals surface area contributed by atoms with Gasteiger partial charge in [0.15, 0.2) is 0 Å². The van der Waals surface area contributed by atoms with Crippen LogP contribution in [-0.2, 0) is 0 Å². The number of benzene rings is 1. The summed E-state index contributed by atoms with van der Waals surface area (Å²) in [4.78, 5) is 9.89. The van der Waals surface area contributed by atoms with E-state index in [0.717, 1.165) is 18.9 Å². The van der Waals surface area contributed by atoms with Gasteiger partial charge < -0.3 is 5.32 Å². The molecule has 0 aliphatic heterocycles. The summed E-state index contributed by atoms with van der Waals surface area (Å²) < 4.78 is 25.7. The van der Waals surface area contributed by atoms with Crippen LogP contribution in [0.15, 0.2) is 18.2 Å². The lowest BCUT2D eigenvalue weighted by molar-refractivity contribution is -0.385. The van der Waals surface area contributed by atoms with Gasteiger partial charge in [-0.05, 0) is 24.8 Å². The van der Waals surface area contributed by atoms with Crippen LogP contribution >= 0.6 is 0 Å². The zero-order valence-electron chi connectivity index (χ0n) is 9.90. The molecule has 0 bridgehead atoms. The second-order valence-electron chi connectivity index (χ2n) is 4.75. The number of hydrogen-bond acceptors (Lipinski definition) is 3. The normalized spacial score (nSPS) is 22.7. The quantitative estimate of drug-likeness (QED) is 0.659. The van der Waals surface area contributed by atoms with Gasteiger partial charge in [-0.15, -0.1) is 0 Å². The topological polar surface area (TPSA) is 55.2 Å². The Hall–Kier alpha value is -1.72. The lowest BCUT2D eigenvalue weighted by atomic mass is 9.81. The molecule has 1 N–H and O–H groups in total. The highest BCUT2D eigenvalue weighted by atomic mass is 19.3. The minimum Gasteiger partial charge on any atom is -0.382 e. The van der Waals surface area contributed by atoms with Crippen LogP contribution in [0, 0.1) is 16.0 Å². The van der Waals surface area contributed by atoms with Gasteiger partial charge in [-0.3, -0.25) is 10.1 Å². The predicted molar refractivity (Wildman–Crippen MR) is 63.9 cm³/mol. The zero-order chi connectivity index (χ0) is 13.3. The van der Waals surface area contributed by atoms with Gasteiger partial charge in [-0.25, -0.2) is 8.78 Å². The van der Waals surface area contributed by atoms with Crippen LogP contribution < -0.4 is 5.32 Å². The maximum absolute atomic E-state index is 12.9. The molecule has 1 aliphatic rings. The standard InChI is InChI=1S/C12H14F2N2O2/c1-7-4-8(5-7)15-11-3-2-9(16(17)18)6-10(11)12(13)14/h2-3,6-8,12,15H,4-5H2,1H3. The first-order valence-corrected chi connectivity index (χ1v) is 5.80. The van der Waals surface area contributed by atoms with E-state index in [1.807, 2.05) is 0 Å². The van der Waals surface area contributed by atoms with E-state index in [4.69, 9.17) is 0 Å². The monoisotopic (exact) mass is 256 g/mol. The summed E-state index contributed by atoms with van der Waals surface area (Å²) in [5.74, 6) is 0.607. The highest BCUT2D eigenvalue weighted by Gasteiger charge is 2.27. The summed E-state index contributed by atoms with van der Waals surface area (Å²) >= 11 is 0. The highest BCUT2D eigenvalue weighted by molar-refractivity contribution is 5.57. The molecule has 18 heavy (non-hydrogen) atoms. The third kappa shape index (κ3) is 2.57. The summed E-state index contributed by atoms with van der Waals surface area (Å²) in [5, 5.41) is 13.6. The third-order valence-electron chi connectivity index (χ3n) is 3.21. The maximum Gasteiger partial charge on any atom is 0.270 e. The number of alkyl halides is 2. The largest absolute Gasteiger partial charge is 0.382 e. The summed E-state index contributed by atoms with van der Waals surface area (Å²) in [6.07, 6.45) is -0.829. The number of nitrogens with one attached hydrogen (secondary N) is 1. The van der Waals surface area contributed by atoms with Crippen molar-refractivity contribution in [1.29, 1.82) is 0 Å². The Labute approximate surface area is 103 Å². The van der Waals surface area contributed by atoms with Crippen molar-refractivity contribution in [3.05, 3.63) is 33.9 Å². The molecule has 0 radical (unpaired) electrons. The molecule has 0 spiro atoms. The Kier molecular flexibility index (Phi) is 3.45. The Bertz CT molecular complexity index is 459. The van der Waals surface area contributed by atoms with E-state index in [0.29, 0.717) is 11.6 Å². The molecule has 0 aromatic heterocycles. The first-order valence-electron chi connectivity index (χ1n) is 5.80. The van der Waals surface area contributed by atoms with Gasteiger partial charge in [0.25, 0.3) is 12.1 Å². The van der Waals surface area contributed by atoms with Crippen LogP contribution in [0.3, 0.4) is 0 Å². The van der Waals surface area contributed by atoms with Crippen molar-refractivity contribution in [2.75, 3.05) is 5.32 Å². The van der Waals surface area contributed by atoms with Crippen molar-refractivity contribution in [3.63, 3.8) is 0 Å². The minimum atomic E-state index is -2.72. The SMILES string of the molecule is CC1CC(Nc2ccc([N+](=O)[O-])cc2C(F)F)C1. The number of hydrogen-bond donors (Lipinski definition) is 1. The van der Waals surface area contributed by atoms with Crippen LogP contribution in [0.1, 0.15) is 31.8 Å². The molecule has 98 valence electrons. The molecule has 1 aliphatic carbocycles. The van der Waals surface area contributed by atoms with Crippen LogP contribution in [0.2, 0.25) is 0 Å². The first kappa shape index (κ1) is 12.7. The number of nitro groups is 1. The molecule has 4 nitrogen and oxygen atoms in total. The van der Waals surface area contributed by atoms with E-state index in [-0.39, 0.29) is 17.3 Å². The van der Waals surface area contributed by atoms with Crippen molar-refractivity contribution < 1.29 is 13.7 Å². The van der Waals surface area contributed by atoms with Crippen molar-refractivity contribution in [2.24, 2.45) is 5.92 Å². The fourth-order valence-corrected chi connectivity index (χ4v) is 2.22. The molecule has 2 rings (SSSR count). The molecule has 1 fully saturated rings. The van der Waals surface area contributed by atoms with Crippen molar-refractivity contribution in [1.82, 2.24) is 0 Å². The third-order valence-corrected chi connectivity index (χ3v) is 3.21. The Morgan fingerprint density at radius 3 is 2.61 bits per heavy atom. The minimum absolute atomic E-state index is 0.193. The van der Waals surface area contributed by atoms with E-state index in [1.165, 1.54) is 12.1 Å². The van der Waals surface area contributed by atoms with E-state index in [1.54, 1.807) is 0 Å². The lowest BCUT2D eigenvalue weighted by Gasteiger charge is -2.34. The molecule has 0 heterocycles. The smallest absolute Gasteiger partial charge is 0.270 e. The summed E-state index contributed by atoms with van der Waals surface area (Å²) in [6.45, 7) is 2.10. The van der Waals surface area contributed by atoms with Gasteiger partial charge in [0.05, 0.1) is 4.92 Å². The van der Waals surface area contributed by atoms with E-state index < -0.39 is 11.3 Å². The van der Waals surface area contributed by atoms with Gasteiger partial charge in [0, 0.05) is 29.4 Å². The van der Waals surface area contributed by atoms with E-state index in [9.17, 15) is 18.9 Å². The van der Waals surface area contributed by atoms with Crippen LogP contribution in [0.5, 0.6) is 0 Å². The number of non-ortho nitro benzene ring substituents is 1. The van der Waals surface area contributed by atoms with Gasteiger partial charge in [-0.1, -0.05) is 6.92 Å². The predicted octanol–water partition coefficient (Wildman–Crippen LogP) is 3.74. The number of rotatable bonds is 4. The summed E-state index contributed by atoms with van der Waals surface area (Å²) in [5.41, 5.74) is -0.311. The highest BCUT2D eigenvalue weighted by Crippen LogP contribution is 2.35. The molecule has 0 atom stereocenters. The summed E-state index contributed by atoms with van der Waals surface area (Å²) in [7, 11) is 0. The first-order chi connectivity index (χ1) is 8.47. The van der Waals surface area contributed by atoms with E-state index >= 15 is 0 Å². The molecule has 0 saturated heterocycles. The molecule has 1 aromatic rings. The lowest BCUT2D eigenvalue weighted by Crippen LogP contribution is -2.34. The van der Waals surface area contributed by atoms with Gasteiger partial charge in [0.2, 0.25) is 0 Å². The van der Waals surface area contributed by atoms with Crippen LogP contribution in [-0.4, -0.2) is 11.0 Å².